The maximum absolute atomic E-state index is 13.8. The molecule has 7 heteroatoms. The number of rotatable bonds is 6. The van der Waals surface area contributed by atoms with Crippen molar-refractivity contribution >= 4 is 5.91 Å². The van der Waals surface area contributed by atoms with Crippen LogP contribution < -0.4 is 5.32 Å². The second-order valence-electron chi connectivity index (χ2n) is 8.25. The molecule has 2 N–H and O–H groups in total. The zero-order valence-corrected chi connectivity index (χ0v) is 17.0. The predicted molar refractivity (Wildman–Crippen MR) is 110 cm³/mol. The molecular formula is C22H30FN5O. The SMILES string of the molecule is CN(CC1CCN(CCc2ccccc2F)CC1)C(=O)C1NCCc2[nH]cnc21. The minimum Gasteiger partial charge on any atom is -0.348 e. The van der Waals surface area contributed by atoms with Crippen LogP contribution in [0.4, 0.5) is 4.39 Å². The third-order valence-corrected chi connectivity index (χ3v) is 6.27. The summed E-state index contributed by atoms with van der Waals surface area (Å²) in [5, 5.41) is 3.31. The molecule has 1 unspecified atom stereocenters. The number of hydrogen-bond donors (Lipinski definition) is 2. The number of amides is 1. The molecule has 6 nitrogen and oxygen atoms in total. The molecular weight excluding hydrogens is 369 g/mol. The van der Waals surface area contributed by atoms with Gasteiger partial charge in [-0.1, -0.05) is 18.2 Å². The summed E-state index contributed by atoms with van der Waals surface area (Å²) >= 11 is 0. The average Bonchev–Trinajstić information content (AvgIpc) is 3.22. The fourth-order valence-corrected chi connectivity index (χ4v) is 4.49. The Morgan fingerprint density at radius 2 is 2.10 bits per heavy atom. The molecule has 1 aromatic heterocycles. The zero-order chi connectivity index (χ0) is 20.2. The predicted octanol–water partition coefficient (Wildman–Crippen LogP) is 2.15. The van der Waals surface area contributed by atoms with Crippen molar-refractivity contribution in [3.05, 3.63) is 53.4 Å². The lowest BCUT2D eigenvalue weighted by Gasteiger charge is -2.35. The molecule has 0 spiro atoms. The molecule has 2 aliphatic heterocycles. The van der Waals surface area contributed by atoms with E-state index in [1.54, 1.807) is 12.4 Å². The summed E-state index contributed by atoms with van der Waals surface area (Å²) in [4.78, 5) is 24.7. The lowest BCUT2D eigenvalue weighted by Crippen LogP contribution is -2.45. The van der Waals surface area contributed by atoms with Crippen molar-refractivity contribution in [1.29, 1.82) is 0 Å². The Kier molecular flexibility index (Phi) is 6.25. The van der Waals surface area contributed by atoms with E-state index in [4.69, 9.17) is 0 Å². The van der Waals surface area contributed by atoms with Crippen molar-refractivity contribution in [3.8, 4) is 0 Å². The van der Waals surface area contributed by atoms with Crippen LogP contribution >= 0.6 is 0 Å². The Hall–Kier alpha value is -2.25. The number of carbonyl (C=O) groups is 1. The molecule has 0 bridgehead atoms. The number of halogens is 1. The van der Waals surface area contributed by atoms with Crippen molar-refractivity contribution in [2.75, 3.05) is 39.8 Å². The summed E-state index contributed by atoms with van der Waals surface area (Å²) in [6, 6.07) is 6.69. The van der Waals surface area contributed by atoms with E-state index in [9.17, 15) is 9.18 Å². The van der Waals surface area contributed by atoms with E-state index in [0.29, 0.717) is 5.92 Å². The van der Waals surface area contributed by atoms with Gasteiger partial charge in [-0.15, -0.1) is 0 Å². The van der Waals surface area contributed by atoms with Gasteiger partial charge in [-0.05, 0) is 49.9 Å². The van der Waals surface area contributed by atoms with Crippen molar-refractivity contribution in [2.45, 2.75) is 31.7 Å². The Balaban J connectivity index is 1.23. The summed E-state index contributed by atoms with van der Waals surface area (Å²) in [7, 11) is 1.90. The topological polar surface area (TPSA) is 64.3 Å². The largest absolute Gasteiger partial charge is 0.348 e. The van der Waals surface area contributed by atoms with Crippen molar-refractivity contribution < 1.29 is 9.18 Å². The molecule has 2 aliphatic rings. The van der Waals surface area contributed by atoms with Crippen LogP contribution in [-0.4, -0.2) is 65.4 Å². The van der Waals surface area contributed by atoms with Crippen LogP contribution in [0.15, 0.2) is 30.6 Å². The van der Waals surface area contributed by atoms with Crippen LogP contribution in [0.2, 0.25) is 0 Å². The molecule has 0 radical (unpaired) electrons. The maximum atomic E-state index is 13.8. The number of fused-ring (bicyclic) bond motifs is 1. The van der Waals surface area contributed by atoms with E-state index < -0.39 is 0 Å². The van der Waals surface area contributed by atoms with E-state index >= 15 is 0 Å². The summed E-state index contributed by atoms with van der Waals surface area (Å²) < 4.78 is 13.8. The monoisotopic (exact) mass is 399 g/mol. The molecule has 1 amide bonds. The number of piperidine rings is 1. The van der Waals surface area contributed by atoms with E-state index in [1.807, 2.05) is 24.1 Å². The van der Waals surface area contributed by atoms with Gasteiger partial charge in [0, 0.05) is 38.8 Å². The van der Waals surface area contributed by atoms with Gasteiger partial charge < -0.3 is 20.1 Å². The Labute approximate surface area is 171 Å². The van der Waals surface area contributed by atoms with Crippen LogP contribution in [0.5, 0.6) is 0 Å². The number of likely N-dealkylation sites (tertiary alicyclic amines) is 1. The van der Waals surface area contributed by atoms with Gasteiger partial charge >= 0.3 is 0 Å². The molecule has 1 aromatic carbocycles. The lowest BCUT2D eigenvalue weighted by molar-refractivity contribution is -0.133. The standard InChI is InChI=1S/C22H30FN5O/c1-27(22(29)21-20-19(6-10-24-21)25-15-26-20)14-16-7-11-28(12-8-16)13-9-17-4-2-3-5-18(17)23/h2-5,15-16,21,24H,6-14H2,1H3,(H,25,26). The second-order valence-corrected chi connectivity index (χ2v) is 8.25. The number of carbonyl (C=O) groups excluding carboxylic acids is 1. The first kappa shape index (κ1) is 20.0. The van der Waals surface area contributed by atoms with Gasteiger partial charge in [0.05, 0.1) is 12.0 Å². The second kappa shape index (κ2) is 9.05. The third-order valence-electron chi connectivity index (χ3n) is 6.27. The Bertz CT molecular complexity index is 830. The van der Waals surface area contributed by atoms with Crippen LogP contribution in [-0.2, 0) is 17.6 Å². The Morgan fingerprint density at radius 1 is 1.31 bits per heavy atom. The molecule has 3 heterocycles. The van der Waals surface area contributed by atoms with Crippen LogP contribution in [0.3, 0.4) is 0 Å². The number of likely N-dealkylation sites (N-methyl/N-ethyl adjacent to an activating group) is 1. The van der Waals surface area contributed by atoms with Gasteiger partial charge in [0.2, 0.25) is 5.91 Å². The molecule has 1 saturated heterocycles. The summed E-state index contributed by atoms with van der Waals surface area (Å²) in [5.41, 5.74) is 2.70. The molecule has 1 fully saturated rings. The highest BCUT2D eigenvalue weighted by Gasteiger charge is 2.31. The average molecular weight is 400 g/mol. The van der Waals surface area contributed by atoms with E-state index in [0.717, 1.165) is 75.4 Å². The van der Waals surface area contributed by atoms with Crippen molar-refractivity contribution in [2.24, 2.45) is 5.92 Å². The number of aromatic nitrogens is 2. The van der Waals surface area contributed by atoms with Crippen LogP contribution in [0.25, 0.3) is 0 Å². The number of H-pyrrole nitrogens is 1. The van der Waals surface area contributed by atoms with E-state index in [2.05, 4.69) is 20.2 Å². The van der Waals surface area contributed by atoms with Crippen LogP contribution in [0, 0.1) is 11.7 Å². The molecule has 4 rings (SSSR count). The molecule has 0 aliphatic carbocycles. The van der Waals surface area contributed by atoms with Crippen LogP contribution in [0.1, 0.15) is 35.8 Å². The van der Waals surface area contributed by atoms with Crippen molar-refractivity contribution in [1.82, 2.24) is 25.1 Å². The van der Waals surface area contributed by atoms with Gasteiger partial charge in [0.15, 0.2) is 0 Å². The first-order valence-electron chi connectivity index (χ1n) is 10.6. The normalized spacial score (nSPS) is 20.4. The first-order chi connectivity index (χ1) is 14.1. The number of hydrogen-bond acceptors (Lipinski definition) is 4. The fraction of sp³-hybridized carbons (Fsp3) is 0.545. The Morgan fingerprint density at radius 3 is 2.90 bits per heavy atom. The highest BCUT2D eigenvalue weighted by molar-refractivity contribution is 5.83. The smallest absolute Gasteiger partial charge is 0.245 e. The number of imidazole rings is 1. The lowest BCUT2D eigenvalue weighted by atomic mass is 9.95. The first-order valence-corrected chi connectivity index (χ1v) is 10.6. The van der Waals surface area contributed by atoms with Crippen molar-refractivity contribution in [3.63, 3.8) is 0 Å². The number of nitrogens with one attached hydrogen (secondary N) is 2. The highest BCUT2D eigenvalue weighted by Crippen LogP contribution is 2.23. The molecule has 0 saturated carbocycles. The molecule has 29 heavy (non-hydrogen) atoms. The molecule has 156 valence electrons. The minimum atomic E-state index is -0.337. The quantitative estimate of drug-likeness (QED) is 0.781. The maximum Gasteiger partial charge on any atom is 0.245 e. The van der Waals surface area contributed by atoms with Gasteiger partial charge in [0.1, 0.15) is 11.9 Å². The van der Waals surface area contributed by atoms with E-state index in [1.165, 1.54) is 6.07 Å². The summed E-state index contributed by atoms with van der Waals surface area (Å²) in [5.74, 6) is 0.495. The molecule has 1 atom stereocenters. The van der Waals surface area contributed by atoms with Gasteiger partial charge in [-0.2, -0.15) is 0 Å². The molecule has 2 aromatic rings. The van der Waals surface area contributed by atoms with Gasteiger partial charge in [0.25, 0.3) is 0 Å². The zero-order valence-electron chi connectivity index (χ0n) is 17.0. The summed E-state index contributed by atoms with van der Waals surface area (Å²) in [6.45, 7) is 4.47. The van der Waals surface area contributed by atoms with Gasteiger partial charge in [-0.3, -0.25) is 4.79 Å². The highest BCUT2D eigenvalue weighted by atomic mass is 19.1. The third kappa shape index (κ3) is 4.67. The number of aromatic amines is 1. The number of benzene rings is 1. The fourth-order valence-electron chi connectivity index (χ4n) is 4.49. The number of nitrogens with zero attached hydrogens (tertiary/aromatic N) is 3. The summed E-state index contributed by atoms with van der Waals surface area (Å²) in [6.07, 6.45) is 5.44. The minimum absolute atomic E-state index is 0.0973. The van der Waals surface area contributed by atoms with Gasteiger partial charge in [-0.25, -0.2) is 9.37 Å². The van der Waals surface area contributed by atoms with E-state index in [-0.39, 0.29) is 17.8 Å².